The molecule has 2 atom stereocenters. The third-order valence-corrected chi connectivity index (χ3v) is 5.00. The third-order valence-electron chi connectivity index (χ3n) is 3.53. The SMILES string of the molecule is CCCCS(=O)CC(NCC)C1CCCC1. The van der Waals surface area contributed by atoms with Gasteiger partial charge in [-0.05, 0) is 31.7 Å². The predicted octanol–water partition coefficient (Wildman–Crippen LogP) is 2.70. The molecule has 0 aromatic heterocycles. The summed E-state index contributed by atoms with van der Waals surface area (Å²) < 4.78 is 11.9. The van der Waals surface area contributed by atoms with E-state index in [-0.39, 0.29) is 0 Å². The molecule has 3 heteroatoms. The Morgan fingerprint density at radius 2 is 2.00 bits per heavy atom. The Balaban J connectivity index is 2.34. The summed E-state index contributed by atoms with van der Waals surface area (Å²) in [5.41, 5.74) is 0. The van der Waals surface area contributed by atoms with Crippen LogP contribution in [0.2, 0.25) is 0 Å². The molecule has 0 aromatic rings. The fourth-order valence-electron chi connectivity index (χ4n) is 2.57. The summed E-state index contributed by atoms with van der Waals surface area (Å²) in [6.07, 6.45) is 7.67. The van der Waals surface area contributed by atoms with Crippen molar-refractivity contribution in [2.45, 2.75) is 58.4 Å². The lowest BCUT2D eigenvalue weighted by molar-refractivity contribution is 0.392. The van der Waals surface area contributed by atoms with Crippen LogP contribution in [0.25, 0.3) is 0 Å². The van der Waals surface area contributed by atoms with Crippen molar-refractivity contribution in [2.75, 3.05) is 18.1 Å². The van der Waals surface area contributed by atoms with Gasteiger partial charge in [-0.3, -0.25) is 4.21 Å². The second-order valence-electron chi connectivity index (χ2n) is 4.87. The Bertz CT molecular complexity index is 202. The molecule has 0 amide bonds. The minimum absolute atomic E-state index is 0.505. The van der Waals surface area contributed by atoms with Gasteiger partial charge in [0, 0.05) is 28.3 Å². The Morgan fingerprint density at radius 3 is 2.56 bits per heavy atom. The van der Waals surface area contributed by atoms with Crippen LogP contribution in [0.3, 0.4) is 0 Å². The summed E-state index contributed by atoms with van der Waals surface area (Å²) in [6.45, 7) is 5.32. The van der Waals surface area contributed by atoms with E-state index < -0.39 is 10.8 Å². The smallest absolute Gasteiger partial charge is 0.0391 e. The van der Waals surface area contributed by atoms with Gasteiger partial charge in [0.15, 0.2) is 0 Å². The molecule has 1 fully saturated rings. The van der Waals surface area contributed by atoms with Gasteiger partial charge in [0.05, 0.1) is 0 Å². The molecule has 1 aliphatic carbocycles. The zero-order valence-corrected chi connectivity index (χ0v) is 11.7. The Morgan fingerprint density at radius 1 is 1.31 bits per heavy atom. The molecule has 0 bridgehead atoms. The van der Waals surface area contributed by atoms with Crippen LogP contribution in [0.5, 0.6) is 0 Å². The molecule has 1 rings (SSSR count). The van der Waals surface area contributed by atoms with Crippen LogP contribution in [0.15, 0.2) is 0 Å². The maximum Gasteiger partial charge on any atom is 0.0391 e. The first-order chi connectivity index (χ1) is 7.77. The Hall–Kier alpha value is 0.110. The number of hydrogen-bond acceptors (Lipinski definition) is 2. The first-order valence-corrected chi connectivity index (χ1v) is 8.35. The first kappa shape index (κ1) is 14.2. The summed E-state index contributed by atoms with van der Waals surface area (Å²) in [5, 5.41) is 3.54. The minimum Gasteiger partial charge on any atom is -0.313 e. The zero-order valence-electron chi connectivity index (χ0n) is 10.8. The molecule has 0 saturated heterocycles. The molecule has 1 saturated carbocycles. The van der Waals surface area contributed by atoms with E-state index in [1.54, 1.807) is 0 Å². The van der Waals surface area contributed by atoms with Gasteiger partial charge in [-0.2, -0.15) is 0 Å². The zero-order chi connectivity index (χ0) is 11.8. The van der Waals surface area contributed by atoms with Crippen LogP contribution >= 0.6 is 0 Å². The van der Waals surface area contributed by atoms with Crippen molar-refractivity contribution >= 4 is 10.8 Å². The van der Waals surface area contributed by atoms with Crippen molar-refractivity contribution in [1.29, 1.82) is 0 Å². The lowest BCUT2D eigenvalue weighted by atomic mass is 10.00. The molecular weight excluding hydrogens is 218 g/mol. The van der Waals surface area contributed by atoms with Gasteiger partial charge in [0.2, 0.25) is 0 Å². The van der Waals surface area contributed by atoms with Crippen LogP contribution in [-0.4, -0.2) is 28.3 Å². The number of rotatable bonds is 8. The van der Waals surface area contributed by atoms with Crippen LogP contribution in [0.4, 0.5) is 0 Å². The molecule has 1 aliphatic rings. The van der Waals surface area contributed by atoms with E-state index in [1.807, 2.05) is 0 Å². The third kappa shape index (κ3) is 4.96. The summed E-state index contributed by atoms with van der Waals surface area (Å²) >= 11 is 0. The van der Waals surface area contributed by atoms with Gasteiger partial charge in [0.1, 0.15) is 0 Å². The van der Waals surface area contributed by atoms with Crippen LogP contribution in [0.1, 0.15) is 52.4 Å². The van der Waals surface area contributed by atoms with E-state index >= 15 is 0 Å². The number of nitrogens with one attached hydrogen (secondary N) is 1. The van der Waals surface area contributed by atoms with E-state index in [2.05, 4.69) is 19.2 Å². The summed E-state index contributed by atoms with van der Waals surface area (Å²) in [7, 11) is -0.610. The molecule has 0 aromatic carbocycles. The molecule has 16 heavy (non-hydrogen) atoms. The van der Waals surface area contributed by atoms with Crippen molar-refractivity contribution in [1.82, 2.24) is 5.32 Å². The standard InChI is InChI=1S/C13H27NOS/c1-3-5-10-16(15)11-13(14-4-2)12-8-6-7-9-12/h12-14H,3-11H2,1-2H3. The molecule has 0 spiro atoms. The lowest BCUT2D eigenvalue weighted by Crippen LogP contribution is -2.39. The van der Waals surface area contributed by atoms with Gasteiger partial charge in [-0.1, -0.05) is 33.1 Å². The minimum atomic E-state index is -0.610. The summed E-state index contributed by atoms with van der Waals surface area (Å²) in [5.74, 6) is 2.55. The maximum atomic E-state index is 11.9. The fourth-order valence-corrected chi connectivity index (χ4v) is 4.14. The average Bonchev–Trinajstić information content (AvgIpc) is 2.79. The van der Waals surface area contributed by atoms with Gasteiger partial charge < -0.3 is 5.32 Å². The molecule has 1 N–H and O–H groups in total. The number of hydrogen-bond donors (Lipinski definition) is 1. The van der Waals surface area contributed by atoms with Gasteiger partial charge in [-0.15, -0.1) is 0 Å². The molecule has 0 aliphatic heterocycles. The van der Waals surface area contributed by atoms with Crippen LogP contribution in [-0.2, 0) is 10.8 Å². The maximum absolute atomic E-state index is 11.9. The molecule has 2 nitrogen and oxygen atoms in total. The van der Waals surface area contributed by atoms with Gasteiger partial charge in [-0.25, -0.2) is 0 Å². The first-order valence-electron chi connectivity index (χ1n) is 6.86. The highest BCUT2D eigenvalue weighted by molar-refractivity contribution is 7.85. The second kappa shape index (κ2) is 8.24. The summed E-state index contributed by atoms with van der Waals surface area (Å²) in [6, 6.07) is 0.505. The molecule has 2 unspecified atom stereocenters. The molecule has 0 radical (unpaired) electrons. The van der Waals surface area contributed by atoms with Crippen molar-refractivity contribution in [3.8, 4) is 0 Å². The van der Waals surface area contributed by atoms with E-state index in [0.29, 0.717) is 6.04 Å². The monoisotopic (exact) mass is 245 g/mol. The summed E-state index contributed by atoms with van der Waals surface area (Å²) in [4.78, 5) is 0. The van der Waals surface area contributed by atoms with Gasteiger partial charge in [0.25, 0.3) is 0 Å². The van der Waals surface area contributed by atoms with E-state index in [1.165, 1.54) is 25.7 Å². The fraction of sp³-hybridized carbons (Fsp3) is 1.00. The number of unbranched alkanes of at least 4 members (excludes halogenated alkanes) is 1. The van der Waals surface area contributed by atoms with E-state index in [9.17, 15) is 4.21 Å². The van der Waals surface area contributed by atoms with Gasteiger partial charge >= 0.3 is 0 Å². The van der Waals surface area contributed by atoms with E-state index in [4.69, 9.17) is 0 Å². The largest absolute Gasteiger partial charge is 0.313 e. The van der Waals surface area contributed by atoms with Crippen molar-refractivity contribution in [3.05, 3.63) is 0 Å². The Kier molecular flexibility index (Phi) is 7.30. The highest BCUT2D eigenvalue weighted by Gasteiger charge is 2.25. The molecule has 0 heterocycles. The normalized spacial score (nSPS) is 21.1. The highest BCUT2D eigenvalue weighted by atomic mass is 32.2. The van der Waals surface area contributed by atoms with Crippen molar-refractivity contribution in [3.63, 3.8) is 0 Å². The molecular formula is C13H27NOS. The molecule has 96 valence electrons. The van der Waals surface area contributed by atoms with Crippen molar-refractivity contribution in [2.24, 2.45) is 5.92 Å². The lowest BCUT2D eigenvalue weighted by Gasteiger charge is -2.23. The van der Waals surface area contributed by atoms with Crippen molar-refractivity contribution < 1.29 is 4.21 Å². The van der Waals surface area contributed by atoms with E-state index in [0.717, 1.165) is 36.8 Å². The topological polar surface area (TPSA) is 29.1 Å². The van der Waals surface area contributed by atoms with Crippen LogP contribution in [0, 0.1) is 5.92 Å². The Labute approximate surface area is 103 Å². The quantitative estimate of drug-likeness (QED) is 0.712. The van der Waals surface area contributed by atoms with Crippen LogP contribution < -0.4 is 5.32 Å². The average molecular weight is 245 g/mol. The highest BCUT2D eigenvalue weighted by Crippen LogP contribution is 2.28. The second-order valence-corrected chi connectivity index (χ2v) is 6.49. The predicted molar refractivity (Wildman–Crippen MR) is 72.2 cm³/mol.